The van der Waals surface area contributed by atoms with Crippen LogP contribution in [0.25, 0.3) is 0 Å². The minimum atomic E-state index is -1.39. The topological polar surface area (TPSA) is 116 Å². The van der Waals surface area contributed by atoms with Gasteiger partial charge < -0.3 is 19.3 Å². The average molecular weight is 467 g/mol. The third-order valence-electron chi connectivity index (χ3n) is 5.80. The van der Waals surface area contributed by atoms with E-state index in [9.17, 15) is 24.3 Å². The van der Waals surface area contributed by atoms with Crippen molar-refractivity contribution in [2.75, 3.05) is 7.11 Å². The lowest BCUT2D eigenvalue weighted by Crippen LogP contribution is -2.42. The maximum atomic E-state index is 12.3. The Morgan fingerprint density at radius 2 is 1.79 bits per heavy atom. The van der Waals surface area contributed by atoms with E-state index in [1.807, 2.05) is 19.9 Å². The highest BCUT2D eigenvalue weighted by atomic mass is 16.6. The van der Waals surface area contributed by atoms with Gasteiger partial charge >= 0.3 is 17.9 Å². The average Bonchev–Trinajstić information content (AvgIpc) is 2.72. The largest absolute Gasteiger partial charge is 0.466 e. The number of methoxy groups -OCH3 is 1. The molecule has 0 aromatic carbocycles. The maximum absolute atomic E-state index is 12.3. The van der Waals surface area contributed by atoms with Gasteiger partial charge in [-0.25, -0.2) is 4.79 Å². The van der Waals surface area contributed by atoms with Crippen LogP contribution >= 0.6 is 0 Å². The van der Waals surface area contributed by atoms with Gasteiger partial charge in [-0.05, 0) is 32.6 Å². The summed E-state index contributed by atoms with van der Waals surface area (Å²) in [4.78, 5) is 48.0. The van der Waals surface area contributed by atoms with Crippen molar-refractivity contribution >= 4 is 23.7 Å². The van der Waals surface area contributed by atoms with Crippen molar-refractivity contribution in [2.45, 2.75) is 91.0 Å². The van der Waals surface area contributed by atoms with Gasteiger partial charge in [-0.1, -0.05) is 32.1 Å². The Morgan fingerprint density at radius 1 is 1.15 bits per heavy atom. The number of rotatable bonds is 7. The molecule has 8 heteroatoms. The van der Waals surface area contributed by atoms with Crippen LogP contribution in [0.1, 0.15) is 73.1 Å². The van der Waals surface area contributed by atoms with Crippen LogP contribution in [0.2, 0.25) is 0 Å². The van der Waals surface area contributed by atoms with Gasteiger partial charge in [0, 0.05) is 44.1 Å². The van der Waals surface area contributed by atoms with Gasteiger partial charge in [0.1, 0.15) is 23.6 Å². The fraction of sp³-hybridized carbons (Fsp3) is 0.680. The first kappa shape index (κ1) is 28.6. The van der Waals surface area contributed by atoms with Crippen molar-refractivity contribution in [1.29, 1.82) is 0 Å². The van der Waals surface area contributed by atoms with Crippen molar-refractivity contribution in [3.05, 3.63) is 23.8 Å². The Labute approximate surface area is 196 Å². The molecule has 186 valence electrons. The number of ether oxygens (including phenoxy) is 3. The van der Waals surface area contributed by atoms with Gasteiger partial charge in [0.2, 0.25) is 0 Å². The molecule has 0 unspecified atom stereocenters. The molecule has 0 bridgehead atoms. The Kier molecular flexibility index (Phi) is 11.5. The summed E-state index contributed by atoms with van der Waals surface area (Å²) in [7, 11) is 1.27. The molecule has 0 spiro atoms. The van der Waals surface area contributed by atoms with Crippen LogP contribution in [0, 0.1) is 11.8 Å². The minimum absolute atomic E-state index is 0.101. The molecule has 0 radical (unpaired) electrons. The number of hydrogen-bond donors (Lipinski definition) is 1. The first-order valence-electron chi connectivity index (χ1n) is 11.4. The lowest BCUT2D eigenvalue weighted by Gasteiger charge is -2.32. The van der Waals surface area contributed by atoms with Gasteiger partial charge in [0.05, 0.1) is 7.11 Å². The summed E-state index contributed by atoms with van der Waals surface area (Å²) in [5.74, 6) is -1.85. The summed E-state index contributed by atoms with van der Waals surface area (Å²) in [6.07, 6.45) is 5.42. The molecule has 0 saturated heterocycles. The van der Waals surface area contributed by atoms with Gasteiger partial charge in [-0.3, -0.25) is 14.4 Å². The van der Waals surface area contributed by atoms with Crippen LogP contribution in [0.3, 0.4) is 0 Å². The third-order valence-corrected chi connectivity index (χ3v) is 5.80. The molecule has 0 fully saturated rings. The predicted octanol–water partition coefficient (Wildman–Crippen LogP) is 3.45. The molecule has 1 aliphatic carbocycles. The molecule has 0 saturated carbocycles. The molecular formula is C25H38O8. The van der Waals surface area contributed by atoms with Crippen molar-refractivity contribution < 1.29 is 38.5 Å². The zero-order chi connectivity index (χ0) is 25.2. The lowest BCUT2D eigenvalue weighted by molar-refractivity contribution is -0.161. The Morgan fingerprint density at radius 3 is 2.33 bits per heavy atom. The van der Waals surface area contributed by atoms with Crippen molar-refractivity contribution in [2.24, 2.45) is 11.8 Å². The van der Waals surface area contributed by atoms with Crippen LogP contribution in [-0.2, 0) is 33.4 Å². The van der Waals surface area contributed by atoms with Crippen LogP contribution in [0.4, 0.5) is 0 Å². The van der Waals surface area contributed by atoms with Gasteiger partial charge in [-0.2, -0.15) is 0 Å². The van der Waals surface area contributed by atoms with E-state index in [1.165, 1.54) is 21.0 Å². The highest BCUT2D eigenvalue weighted by Crippen LogP contribution is 2.29. The molecule has 0 aliphatic heterocycles. The van der Waals surface area contributed by atoms with E-state index >= 15 is 0 Å². The summed E-state index contributed by atoms with van der Waals surface area (Å²) in [6, 6.07) is 0. The van der Waals surface area contributed by atoms with Crippen LogP contribution in [0.15, 0.2) is 23.8 Å². The first-order valence-corrected chi connectivity index (χ1v) is 11.4. The van der Waals surface area contributed by atoms with Gasteiger partial charge in [0.15, 0.2) is 0 Å². The van der Waals surface area contributed by atoms with E-state index in [0.717, 1.165) is 0 Å². The van der Waals surface area contributed by atoms with Crippen molar-refractivity contribution in [1.82, 2.24) is 0 Å². The van der Waals surface area contributed by atoms with E-state index in [2.05, 4.69) is 0 Å². The molecule has 33 heavy (non-hydrogen) atoms. The van der Waals surface area contributed by atoms with Crippen molar-refractivity contribution in [3.63, 3.8) is 0 Å². The highest BCUT2D eigenvalue weighted by Gasteiger charge is 2.35. The molecular weight excluding hydrogens is 428 g/mol. The number of aliphatic hydroxyl groups is 1. The van der Waals surface area contributed by atoms with Gasteiger partial charge in [-0.15, -0.1) is 0 Å². The normalized spacial score (nSPS) is 29.0. The second-order valence-corrected chi connectivity index (χ2v) is 9.05. The van der Waals surface area contributed by atoms with E-state index in [1.54, 1.807) is 19.1 Å². The van der Waals surface area contributed by atoms with E-state index < -0.39 is 35.7 Å². The van der Waals surface area contributed by atoms with Crippen LogP contribution < -0.4 is 0 Å². The SMILES string of the molecule is COC(=O)/C1=C/C[C@@H](OC(C)=O)[C@@H](CCC(=O)C(C)C)/C=C\C[C@](C)(O)[C@H](OC(C)=O)CC1. The monoisotopic (exact) mass is 466 g/mol. The quantitative estimate of drug-likeness (QED) is 0.344. The summed E-state index contributed by atoms with van der Waals surface area (Å²) in [6.45, 7) is 7.82. The molecule has 8 nitrogen and oxygen atoms in total. The Hall–Kier alpha value is -2.48. The number of ketones is 1. The Bertz CT molecular complexity index is 762. The zero-order valence-electron chi connectivity index (χ0n) is 20.6. The third kappa shape index (κ3) is 9.90. The number of hydrogen-bond acceptors (Lipinski definition) is 8. The molecule has 0 heterocycles. The second-order valence-electron chi connectivity index (χ2n) is 9.05. The number of carbonyl (C=O) groups is 4. The van der Waals surface area contributed by atoms with E-state index in [4.69, 9.17) is 14.2 Å². The zero-order valence-corrected chi connectivity index (χ0v) is 20.6. The molecule has 1 aliphatic rings. The molecule has 0 amide bonds. The highest BCUT2D eigenvalue weighted by molar-refractivity contribution is 5.88. The second kappa shape index (κ2) is 13.3. The number of Topliss-reactive ketones (excluding diaryl/α,β-unsaturated/α-hetero) is 1. The molecule has 0 aromatic heterocycles. The minimum Gasteiger partial charge on any atom is -0.466 e. The summed E-state index contributed by atoms with van der Waals surface area (Å²) < 4.78 is 15.8. The van der Waals surface area contributed by atoms with Crippen LogP contribution in [-0.4, -0.2) is 53.7 Å². The smallest absolute Gasteiger partial charge is 0.333 e. The number of carbonyl (C=O) groups excluding carboxylic acids is 4. The lowest BCUT2D eigenvalue weighted by atomic mass is 9.86. The summed E-state index contributed by atoms with van der Waals surface area (Å²) >= 11 is 0. The predicted molar refractivity (Wildman–Crippen MR) is 122 cm³/mol. The summed E-state index contributed by atoms with van der Waals surface area (Å²) in [5.41, 5.74) is -1.05. The molecule has 4 atom stereocenters. The molecule has 1 N–H and O–H groups in total. The molecule has 1 rings (SSSR count). The molecule has 0 aromatic rings. The standard InChI is InChI=1S/C25H38O8/c1-16(2)21(28)12-9-19-8-7-15-25(5,30)23(33-18(4)27)14-11-20(24(29)31-6)10-13-22(19)32-17(3)26/h7-8,10,16,19,22-23,30H,9,11-15H2,1-6H3/b8-7-,20-10+/t19-,22-,23-,25+/m1/s1. The van der Waals surface area contributed by atoms with E-state index in [-0.39, 0.29) is 43.3 Å². The van der Waals surface area contributed by atoms with Crippen LogP contribution in [0.5, 0.6) is 0 Å². The number of esters is 3. The van der Waals surface area contributed by atoms with Crippen molar-refractivity contribution in [3.8, 4) is 0 Å². The Balaban J connectivity index is 3.36. The maximum Gasteiger partial charge on any atom is 0.333 e. The fourth-order valence-corrected chi connectivity index (χ4v) is 3.80. The summed E-state index contributed by atoms with van der Waals surface area (Å²) in [5, 5.41) is 11.0. The fourth-order valence-electron chi connectivity index (χ4n) is 3.80. The first-order chi connectivity index (χ1) is 15.4. The van der Waals surface area contributed by atoms with Gasteiger partial charge in [0.25, 0.3) is 0 Å². The van der Waals surface area contributed by atoms with E-state index in [0.29, 0.717) is 18.4 Å².